The van der Waals surface area contributed by atoms with E-state index in [-0.39, 0.29) is 6.61 Å². The van der Waals surface area contributed by atoms with E-state index in [1.807, 2.05) is 24.3 Å². The van der Waals surface area contributed by atoms with Crippen molar-refractivity contribution in [3.63, 3.8) is 0 Å². The van der Waals surface area contributed by atoms with Gasteiger partial charge in [0.15, 0.2) is 18.3 Å². The highest BCUT2D eigenvalue weighted by molar-refractivity contribution is 6.07. The van der Waals surface area contributed by atoms with Gasteiger partial charge in [0.25, 0.3) is 0 Å². The van der Waals surface area contributed by atoms with Crippen LogP contribution in [0.15, 0.2) is 30.3 Å². The third-order valence-electron chi connectivity index (χ3n) is 3.66. The molecule has 0 aliphatic carbocycles. The van der Waals surface area contributed by atoms with Crippen LogP contribution in [0, 0.1) is 0 Å². The maximum atomic E-state index is 10.2. The quantitative estimate of drug-likeness (QED) is 0.652. The first-order chi connectivity index (χ1) is 10.6. The summed E-state index contributed by atoms with van der Waals surface area (Å²) in [6, 6.07) is 9.27. The molecule has 0 amide bonds. The third-order valence-corrected chi connectivity index (χ3v) is 3.78. The standard InChI is InChI=1S/C14H16ClNO6/c15-20-6-9-11(17)13(12(18)14(19)21-9)22-10-5-7-3-1-2-4-8(7)16-10/h1-5,9,11-14,16-19H,6H2/t9-,11+,12-,13+,14+/m1/s1. The highest BCUT2D eigenvalue weighted by atomic mass is 35.5. The number of benzene rings is 1. The van der Waals surface area contributed by atoms with Gasteiger partial charge in [-0.25, -0.2) is 0 Å². The Balaban J connectivity index is 1.81. The molecule has 1 aromatic carbocycles. The van der Waals surface area contributed by atoms with E-state index in [1.54, 1.807) is 6.07 Å². The van der Waals surface area contributed by atoms with Gasteiger partial charge in [0.1, 0.15) is 18.3 Å². The molecule has 1 fully saturated rings. The molecular formula is C14H16ClNO6. The van der Waals surface area contributed by atoms with Crippen molar-refractivity contribution in [3.8, 4) is 5.88 Å². The molecule has 0 bridgehead atoms. The van der Waals surface area contributed by atoms with Crippen LogP contribution in [0.4, 0.5) is 0 Å². The predicted octanol–water partition coefficient (Wildman–Crippen LogP) is 0.525. The first kappa shape index (κ1) is 15.5. The van der Waals surface area contributed by atoms with Crippen molar-refractivity contribution < 1.29 is 29.1 Å². The molecule has 5 atom stereocenters. The number of para-hydroxylation sites is 1. The van der Waals surface area contributed by atoms with Gasteiger partial charge in [-0.15, -0.1) is 0 Å². The van der Waals surface area contributed by atoms with Crippen LogP contribution in [0.25, 0.3) is 10.9 Å². The van der Waals surface area contributed by atoms with Crippen molar-refractivity contribution in [1.82, 2.24) is 4.98 Å². The fourth-order valence-corrected chi connectivity index (χ4v) is 2.64. The fourth-order valence-electron chi connectivity index (χ4n) is 2.51. The van der Waals surface area contributed by atoms with Gasteiger partial charge in [-0.3, -0.25) is 4.29 Å². The van der Waals surface area contributed by atoms with Crippen molar-refractivity contribution in [3.05, 3.63) is 30.3 Å². The highest BCUT2D eigenvalue weighted by Gasteiger charge is 2.45. The van der Waals surface area contributed by atoms with Gasteiger partial charge in [-0.05, 0) is 6.07 Å². The molecule has 22 heavy (non-hydrogen) atoms. The Kier molecular flexibility index (Phi) is 4.53. The van der Waals surface area contributed by atoms with Crippen LogP contribution in [0.3, 0.4) is 0 Å². The molecule has 4 N–H and O–H groups in total. The van der Waals surface area contributed by atoms with Crippen LogP contribution in [-0.2, 0) is 9.03 Å². The molecule has 8 heteroatoms. The molecule has 0 spiro atoms. The van der Waals surface area contributed by atoms with Gasteiger partial charge in [-0.1, -0.05) is 18.2 Å². The maximum Gasteiger partial charge on any atom is 0.192 e. The second-order valence-electron chi connectivity index (χ2n) is 5.13. The van der Waals surface area contributed by atoms with Crippen molar-refractivity contribution in [1.29, 1.82) is 0 Å². The van der Waals surface area contributed by atoms with E-state index in [4.69, 9.17) is 21.3 Å². The smallest absolute Gasteiger partial charge is 0.192 e. The van der Waals surface area contributed by atoms with Gasteiger partial charge in [0.2, 0.25) is 0 Å². The van der Waals surface area contributed by atoms with E-state index in [9.17, 15) is 15.3 Å². The molecule has 3 rings (SSSR count). The number of fused-ring (bicyclic) bond motifs is 1. The lowest BCUT2D eigenvalue weighted by Crippen LogP contribution is -2.60. The summed E-state index contributed by atoms with van der Waals surface area (Å²) in [6.07, 6.45) is -6.13. The summed E-state index contributed by atoms with van der Waals surface area (Å²) in [5.41, 5.74) is 0.856. The number of halogens is 1. The lowest BCUT2D eigenvalue weighted by Gasteiger charge is -2.39. The zero-order valence-corrected chi connectivity index (χ0v) is 12.2. The topological polar surface area (TPSA) is 104 Å². The Labute approximate surface area is 131 Å². The molecule has 1 aliphatic heterocycles. The average molecular weight is 330 g/mol. The van der Waals surface area contributed by atoms with E-state index in [0.29, 0.717) is 5.88 Å². The largest absolute Gasteiger partial charge is 0.470 e. The Hall–Kier alpha value is -1.35. The lowest BCUT2D eigenvalue weighted by molar-refractivity contribution is -0.280. The summed E-state index contributed by atoms with van der Waals surface area (Å²) < 4.78 is 15.1. The summed E-state index contributed by atoms with van der Waals surface area (Å²) in [4.78, 5) is 3.02. The minimum Gasteiger partial charge on any atom is -0.470 e. The maximum absolute atomic E-state index is 10.2. The number of H-pyrrole nitrogens is 1. The average Bonchev–Trinajstić information content (AvgIpc) is 2.92. The van der Waals surface area contributed by atoms with E-state index >= 15 is 0 Å². The molecule has 1 aliphatic rings. The molecule has 2 aromatic rings. The van der Waals surface area contributed by atoms with E-state index in [2.05, 4.69) is 9.27 Å². The number of rotatable bonds is 4. The number of hydrogen-bond donors (Lipinski definition) is 4. The minimum atomic E-state index is -1.51. The SMILES string of the molecule is O[C@@H]1[C@@H](Oc2cc3ccccc3[nH]2)[C@@H](O)[C@@H](COCl)O[C@@H]1O. The van der Waals surface area contributed by atoms with Crippen molar-refractivity contribution in [2.75, 3.05) is 6.61 Å². The molecular weight excluding hydrogens is 314 g/mol. The number of aliphatic hydroxyl groups is 3. The number of nitrogens with one attached hydrogen (secondary N) is 1. The van der Waals surface area contributed by atoms with Crippen LogP contribution in [0.5, 0.6) is 5.88 Å². The Bertz CT molecular complexity index is 602. The summed E-state index contributed by atoms with van der Waals surface area (Å²) in [7, 11) is 0. The van der Waals surface area contributed by atoms with Crippen LogP contribution in [0.2, 0.25) is 0 Å². The third kappa shape index (κ3) is 2.91. The van der Waals surface area contributed by atoms with Crippen LogP contribution in [-0.4, -0.2) is 57.6 Å². The van der Waals surface area contributed by atoms with Crippen LogP contribution in [0.1, 0.15) is 0 Å². The second kappa shape index (κ2) is 6.41. The molecule has 0 radical (unpaired) electrons. The van der Waals surface area contributed by atoms with Crippen LogP contribution < -0.4 is 4.74 Å². The Morgan fingerprint density at radius 1 is 1.18 bits per heavy atom. The van der Waals surface area contributed by atoms with Gasteiger partial charge in [-0.2, -0.15) is 0 Å². The zero-order chi connectivity index (χ0) is 15.7. The molecule has 0 saturated carbocycles. The summed E-state index contributed by atoms with van der Waals surface area (Å²) in [6.45, 7) is -0.154. The predicted molar refractivity (Wildman–Crippen MR) is 77.4 cm³/mol. The molecule has 1 aromatic heterocycles. The molecule has 2 heterocycles. The van der Waals surface area contributed by atoms with Gasteiger partial charge in [0, 0.05) is 17.0 Å². The number of hydrogen-bond acceptors (Lipinski definition) is 6. The Morgan fingerprint density at radius 3 is 2.68 bits per heavy atom. The van der Waals surface area contributed by atoms with Gasteiger partial charge >= 0.3 is 0 Å². The minimum absolute atomic E-state index is 0.154. The molecule has 0 unspecified atom stereocenters. The fraction of sp³-hybridized carbons (Fsp3) is 0.429. The van der Waals surface area contributed by atoms with E-state index in [0.717, 1.165) is 10.9 Å². The zero-order valence-electron chi connectivity index (χ0n) is 11.4. The van der Waals surface area contributed by atoms with Gasteiger partial charge < -0.3 is 29.8 Å². The number of aliphatic hydroxyl groups excluding tert-OH is 3. The van der Waals surface area contributed by atoms with E-state index in [1.165, 1.54) is 0 Å². The first-order valence-corrected chi connectivity index (χ1v) is 7.08. The van der Waals surface area contributed by atoms with Crippen molar-refractivity contribution in [2.45, 2.75) is 30.7 Å². The molecule has 7 nitrogen and oxygen atoms in total. The summed E-state index contributed by atoms with van der Waals surface area (Å²) in [5, 5.41) is 30.8. The number of aromatic nitrogens is 1. The van der Waals surface area contributed by atoms with Gasteiger partial charge in [0.05, 0.1) is 18.5 Å². The van der Waals surface area contributed by atoms with Crippen LogP contribution >= 0.6 is 11.9 Å². The van der Waals surface area contributed by atoms with E-state index < -0.39 is 30.7 Å². The first-order valence-electron chi connectivity index (χ1n) is 6.78. The monoisotopic (exact) mass is 329 g/mol. The van der Waals surface area contributed by atoms with Crippen molar-refractivity contribution >= 4 is 22.8 Å². The lowest BCUT2D eigenvalue weighted by atomic mass is 9.99. The molecule has 120 valence electrons. The summed E-state index contributed by atoms with van der Waals surface area (Å²) in [5.74, 6) is 0.365. The number of ether oxygens (including phenoxy) is 2. The highest BCUT2D eigenvalue weighted by Crippen LogP contribution is 2.27. The normalized spacial score (nSPS) is 32.3. The Morgan fingerprint density at radius 2 is 1.95 bits per heavy atom. The second-order valence-corrected chi connectivity index (χ2v) is 5.34. The van der Waals surface area contributed by atoms with Crippen molar-refractivity contribution in [2.24, 2.45) is 0 Å². The summed E-state index contributed by atoms with van der Waals surface area (Å²) >= 11 is 5.16. The number of aromatic amines is 1. The molecule has 1 saturated heterocycles.